The van der Waals surface area contributed by atoms with Gasteiger partial charge < -0.3 is 9.84 Å². The van der Waals surface area contributed by atoms with Gasteiger partial charge in [0.2, 0.25) is 11.8 Å². The van der Waals surface area contributed by atoms with Crippen LogP contribution in [0.4, 0.5) is 5.69 Å². The summed E-state index contributed by atoms with van der Waals surface area (Å²) in [7, 11) is 1.35. The van der Waals surface area contributed by atoms with Crippen molar-refractivity contribution in [2.45, 2.75) is 29.0 Å². The molecule has 6 atom stereocenters. The van der Waals surface area contributed by atoms with Gasteiger partial charge in [-0.05, 0) is 60.2 Å². The van der Waals surface area contributed by atoms with Crippen molar-refractivity contribution < 1.29 is 29.0 Å². The topological polar surface area (TPSA) is 104 Å². The van der Waals surface area contributed by atoms with Crippen molar-refractivity contribution in [1.82, 2.24) is 4.90 Å². The fourth-order valence-electron chi connectivity index (χ4n) is 7.57. The Kier molecular flexibility index (Phi) is 5.82. The van der Waals surface area contributed by atoms with Gasteiger partial charge in [-0.25, -0.2) is 0 Å². The number of nitrogens with zero attached hydrogens (tertiary/aromatic N) is 2. The summed E-state index contributed by atoms with van der Waals surface area (Å²) in [5, 5.41) is 10.1. The number of carbonyl (C=O) groups excluding carboxylic acids is 4. The molecule has 6 unspecified atom stereocenters. The minimum absolute atomic E-state index is 0.0512. The highest BCUT2D eigenvalue weighted by molar-refractivity contribution is 6.53. The zero-order valence-corrected chi connectivity index (χ0v) is 24.1. The Labute approximate surface area is 251 Å². The SMILES string of the molecule is C=Cc1ccc(N2C(=O)C3CC=C4C(CC5(Cl)C(=O)N(C)C(=O)C5(Cl)C4C4=COc5ccc(O)cc5C4)C3C2=O)cc1. The summed E-state index contributed by atoms with van der Waals surface area (Å²) < 4.78 is 5.91. The van der Waals surface area contributed by atoms with E-state index in [-0.39, 0.29) is 36.8 Å². The lowest BCUT2D eigenvalue weighted by Crippen LogP contribution is -2.61. The first-order valence-electron chi connectivity index (χ1n) is 13.7. The second-order valence-electron chi connectivity index (χ2n) is 11.6. The van der Waals surface area contributed by atoms with E-state index in [4.69, 9.17) is 27.9 Å². The molecule has 7 rings (SSSR count). The van der Waals surface area contributed by atoms with Crippen LogP contribution in [-0.2, 0) is 25.6 Å². The van der Waals surface area contributed by atoms with Crippen molar-refractivity contribution in [2.75, 3.05) is 11.9 Å². The molecule has 1 saturated carbocycles. The van der Waals surface area contributed by atoms with Crippen LogP contribution in [0.5, 0.6) is 11.5 Å². The molecule has 8 nitrogen and oxygen atoms in total. The summed E-state index contributed by atoms with van der Waals surface area (Å²) >= 11 is 14.5. The number of phenols is 1. The number of amides is 4. The molecule has 0 spiro atoms. The first-order chi connectivity index (χ1) is 20.0. The third-order valence-electron chi connectivity index (χ3n) is 9.55. The number of allylic oxidation sites excluding steroid dienone is 3. The van der Waals surface area contributed by atoms with Gasteiger partial charge in [-0.3, -0.25) is 29.0 Å². The smallest absolute Gasteiger partial charge is 0.253 e. The highest BCUT2D eigenvalue weighted by Gasteiger charge is 2.76. The van der Waals surface area contributed by atoms with Gasteiger partial charge in [0.05, 0.1) is 23.8 Å². The average molecular weight is 605 g/mol. The van der Waals surface area contributed by atoms with Crippen LogP contribution in [0.25, 0.3) is 6.08 Å². The number of anilines is 1. The lowest BCUT2D eigenvalue weighted by Gasteiger charge is -2.51. The first kappa shape index (κ1) is 27.0. The number of fused-ring (bicyclic) bond motifs is 5. The van der Waals surface area contributed by atoms with Crippen LogP contribution >= 0.6 is 23.2 Å². The van der Waals surface area contributed by atoms with Crippen LogP contribution in [-0.4, -0.2) is 50.4 Å². The van der Waals surface area contributed by atoms with Gasteiger partial charge in [0.1, 0.15) is 11.5 Å². The molecule has 0 bridgehead atoms. The molecule has 3 fully saturated rings. The van der Waals surface area contributed by atoms with E-state index in [1.165, 1.54) is 24.3 Å². The number of rotatable bonds is 3. The van der Waals surface area contributed by atoms with Crippen molar-refractivity contribution >= 4 is 58.6 Å². The van der Waals surface area contributed by atoms with E-state index in [0.29, 0.717) is 28.1 Å². The van der Waals surface area contributed by atoms with Crippen molar-refractivity contribution in [2.24, 2.45) is 23.7 Å². The Morgan fingerprint density at radius 2 is 1.76 bits per heavy atom. The number of phenolic OH excluding ortho intramolecular Hbond substituents is 1. The first-order valence-corrected chi connectivity index (χ1v) is 14.4. The molecule has 4 amide bonds. The fourth-order valence-corrected chi connectivity index (χ4v) is 8.60. The number of benzene rings is 2. The predicted octanol–water partition coefficient (Wildman–Crippen LogP) is 4.58. The van der Waals surface area contributed by atoms with Gasteiger partial charge in [-0.15, -0.1) is 23.2 Å². The highest BCUT2D eigenvalue weighted by Crippen LogP contribution is 2.64. The minimum atomic E-state index is -1.88. The molecule has 10 heteroatoms. The summed E-state index contributed by atoms with van der Waals surface area (Å²) in [6.07, 6.45) is 5.55. The van der Waals surface area contributed by atoms with E-state index < -0.39 is 45.2 Å². The molecule has 42 heavy (non-hydrogen) atoms. The van der Waals surface area contributed by atoms with E-state index in [2.05, 4.69) is 6.58 Å². The van der Waals surface area contributed by atoms with Crippen LogP contribution in [0.1, 0.15) is 24.0 Å². The molecule has 0 aromatic heterocycles. The van der Waals surface area contributed by atoms with E-state index in [1.54, 1.807) is 42.5 Å². The molecular weight excluding hydrogens is 579 g/mol. The van der Waals surface area contributed by atoms with Crippen molar-refractivity contribution in [3.8, 4) is 11.5 Å². The number of hydrogen-bond donors (Lipinski definition) is 1. The normalized spacial score (nSPS) is 33.3. The van der Waals surface area contributed by atoms with Crippen LogP contribution < -0.4 is 9.64 Å². The molecule has 2 aromatic carbocycles. The Balaban J connectivity index is 1.34. The van der Waals surface area contributed by atoms with Crippen LogP contribution in [0.3, 0.4) is 0 Å². The maximum absolute atomic E-state index is 14.1. The van der Waals surface area contributed by atoms with Crippen LogP contribution in [0.2, 0.25) is 0 Å². The molecule has 1 N–H and O–H groups in total. The Bertz CT molecular complexity index is 1680. The number of halogens is 2. The van der Waals surface area contributed by atoms with Gasteiger partial charge in [0.25, 0.3) is 11.8 Å². The number of alkyl halides is 2. The monoisotopic (exact) mass is 604 g/mol. The molecule has 2 aromatic rings. The van der Waals surface area contributed by atoms with Crippen molar-refractivity contribution in [3.63, 3.8) is 0 Å². The maximum atomic E-state index is 14.1. The maximum Gasteiger partial charge on any atom is 0.253 e. The predicted molar refractivity (Wildman–Crippen MR) is 156 cm³/mol. The summed E-state index contributed by atoms with van der Waals surface area (Å²) in [5.74, 6) is -4.31. The molecule has 3 aliphatic heterocycles. The van der Waals surface area contributed by atoms with Crippen LogP contribution in [0, 0.1) is 23.7 Å². The van der Waals surface area contributed by atoms with Gasteiger partial charge in [-0.2, -0.15) is 0 Å². The molecule has 0 radical (unpaired) electrons. The Hall–Kier alpha value is -3.88. The van der Waals surface area contributed by atoms with E-state index in [1.807, 2.05) is 6.08 Å². The van der Waals surface area contributed by atoms with Gasteiger partial charge in [0.15, 0.2) is 9.75 Å². The zero-order valence-electron chi connectivity index (χ0n) is 22.6. The van der Waals surface area contributed by atoms with E-state index in [0.717, 1.165) is 10.5 Å². The number of ether oxygens (including phenoxy) is 1. The van der Waals surface area contributed by atoms with Gasteiger partial charge in [0, 0.05) is 24.9 Å². The second kappa shape index (κ2) is 9.06. The molecule has 214 valence electrons. The quantitative estimate of drug-likeness (QED) is 0.312. The van der Waals surface area contributed by atoms with Crippen molar-refractivity contribution in [1.29, 1.82) is 0 Å². The molecule has 3 heterocycles. The Morgan fingerprint density at radius 1 is 1.02 bits per heavy atom. The number of likely N-dealkylation sites (tertiary alicyclic amines) is 1. The standard InChI is InChI=1S/C32H26Cl2N2O6/c1-3-16-4-6-19(7-5-16)36-27(38)22-10-9-21-23(25(22)28(36)39)14-31(33)29(40)35(2)30(41)32(31,34)26(21)18-12-17-13-20(37)8-11-24(17)42-15-18/h3-9,11,13,15,22-23,25-26,37H,1,10,12,14H2,2H3. The van der Waals surface area contributed by atoms with Gasteiger partial charge in [-0.1, -0.05) is 36.4 Å². The zero-order chi connectivity index (χ0) is 29.7. The van der Waals surface area contributed by atoms with E-state index >= 15 is 0 Å². The second-order valence-corrected chi connectivity index (χ2v) is 12.8. The third-order valence-corrected chi connectivity index (χ3v) is 11.0. The number of hydrogen-bond acceptors (Lipinski definition) is 6. The lowest BCUT2D eigenvalue weighted by atomic mass is 9.56. The van der Waals surface area contributed by atoms with Crippen molar-refractivity contribution in [3.05, 3.63) is 83.7 Å². The molecule has 2 saturated heterocycles. The van der Waals surface area contributed by atoms with Crippen LogP contribution in [0.15, 0.2) is 72.5 Å². The largest absolute Gasteiger partial charge is 0.508 e. The number of imide groups is 2. The summed E-state index contributed by atoms with van der Waals surface area (Å²) in [4.78, 5) is 53.6. The van der Waals surface area contributed by atoms with E-state index in [9.17, 15) is 24.3 Å². The summed E-state index contributed by atoms with van der Waals surface area (Å²) in [6, 6.07) is 11.7. The lowest BCUT2D eigenvalue weighted by molar-refractivity contribution is -0.138. The Morgan fingerprint density at radius 3 is 2.48 bits per heavy atom. The third kappa shape index (κ3) is 3.36. The van der Waals surface area contributed by atoms with Gasteiger partial charge >= 0.3 is 0 Å². The molecule has 5 aliphatic rings. The molecular formula is C32H26Cl2N2O6. The number of aromatic hydroxyl groups is 1. The molecule has 2 aliphatic carbocycles. The minimum Gasteiger partial charge on any atom is -0.508 e. The fraction of sp³-hybridized carbons (Fsp3) is 0.312. The summed E-state index contributed by atoms with van der Waals surface area (Å²) in [5.41, 5.74) is 3.27. The number of carbonyl (C=O) groups is 4. The average Bonchev–Trinajstić information content (AvgIpc) is 3.31. The highest BCUT2D eigenvalue weighted by atomic mass is 35.5. The summed E-state index contributed by atoms with van der Waals surface area (Å²) in [6.45, 7) is 3.75.